The van der Waals surface area contributed by atoms with E-state index in [2.05, 4.69) is 5.32 Å². The lowest BCUT2D eigenvalue weighted by molar-refractivity contribution is -0.147. The number of ether oxygens (including phenoxy) is 2. The van der Waals surface area contributed by atoms with E-state index in [0.717, 1.165) is 4.57 Å². The number of nitrogens with zero attached hydrogens (tertiary/aromatic N) is 1. The number of hydrogen-bond acceptors (Lipinski definition) is 6. The molecule has 0 aliphatic heterocycles. The van der Waals surface area contributed by atoms with Gasteiger partial charge in [-0.25, -0.2) is 8.78 Å². The van der Waals surface area contributed by atoms with Crippen LogP contribution in [0.25, 0.3) is 10.8 Å². The second kappa shape index (κ2) is 13.6. The molecule has 0 saturated heterocycles. The van der Waals surface area contributed by atoms with Gasteiger partial charge in [-0.15, -0.1) is 0 Å². The van der Waals surface area contributed by atoms with E-state index in [1.54, 1.807) is 39.0 Å². The average molecular weight is 599 g/mol. The van der Waals surface area contributed by atoms with E-state index in [9.17, 15) is 36.7 Å². The van der Waals surface area contributed by atoms with Crippen LogP contribution in [0.3, 0.4) is 0 Å². The molecular weight excluding hydrogens is 572 g/mol. The van der Waals surface area contributed by atoms with Gasteiger partial charge in [0.2, 0.25) is 17.5 Å². The van der Waals surface area contributed by atoms with Crippen LogP contribution < -0.4 is 15.6 Å². The minimum atomic E-state index is -1.87. The first-order valence-corrected chi connectivity index (χ1v) is 13.0. The fourth-order valence-electron chi connectivity index (χ4n) is 3.90. The first-order chi connectivity index (χ1) is 19.3. The molecule has 0 radical (unpaired) electrons. The van der Waals surface area contributed by atoms with E-state index < -0.39 is 77.3 Å². The van der Waals surface area contributed by atoms with Gasteiger partial charge in [0.1, 0.15) is 18.7 Å². The Morgan fingerprint density at radius 3 is 2.29 bits per heavy atom. The quantitative estimate of drug-likeness (QED) is 0.181. The van der Waals surface area contributed by atoms with E-state index in [4.69, 9.17) is 21.1 Å². The Kier molecular flexibility index (Phi) is 10.5. The van der Waals surface area contributed by atoms with Crippen molar-refractivity contribution in [1.29, 1.82) is 0 Å². The molecule has 0 fully saturated rings. The zero-order chi connectivity index (χ0) is 30.4. The minimum Gasteiger partial charge on any atom is -0.479 e. The molecule has 0 aliphatic rings. The van der Waals surface area contributed by atoms with Gasteiger partial charge in [0, 0.05) is 22.7 Å². The number of Topliss-reactive ketones (excluding diaryl/α,β-unsaturated/α-hetero) is 1. The van der Waals surface area contributed by atoms with Crippen molar-refractivity contribution >= 4 is 40.0 Å². The number of halogens is 5. The highest BCUT2D eigenvalue weighted by Crippen LogP contribution is 2.26. The third-order valence-electron chi connectivity index (χ3n) is 6.00. The fraction of sp³-hybridized carbons (Fsp3) is 0.357. The zero-order valence-corrected chi connectivity index (χ0v) is 23.1. The van der Waals surface area contributed by atoms with E-state index in [1.807, 2.05) is 0 Å². The van der Waals surface area contributed by atoms with Crippen molar-refractivity contribution in [3.63, 3.8) is 0 Å². The van der Waals surface area contributed by atoms with Gasteiger partial charge in [0.25, 0.3) is 5.56 Å². The van der Waals surface area contributed by atoms with Crippen LogP contribution in [0.15, 0.2) is 41.3 Å². The van der Waals surface area contributed by atoms with Gasteiger partial charge in [-0.3, -0.25) is 19.2 Å². The van der Waals surface area contributed by atoms with Gasteiger partial charge in [0.15, 0.2) is 23.2 Å². The molecule has 1 unspecified atom stereocenters. The summed E-state index contributed by atoms with van der Waals surface area (Å²) >= 11 is 6.02. The third kappa shape index (κ3) is 7.63. The molecule has 1 N–H and O–H groups in total. The number of fused-ring (bicyclic) bond motifs is 1. The standard InChI is InChI=1S/C28H27ClF4N2O6/c1-4-21(35-8-7-15-5-6-16(29)9-17(15)28(35)39)27(38)34-20(11-23(37)40-12-14(2)3)22(36)13-41-26-24(32)18(30)10-19(31)25(26)33/h5-10,14,20-21H,4,11-13H2,1-3H3,(H,34,38)/t20-,21?/m0/s1. The number of benzene rings is 2. The summed E-state index contributed by atoms with van der Waals surface area (Å²) in [6.07, 6.45) is 0.793. The summed E-state index contributed by atoms with van der Waals surface area (Å²) in [6, 6.07) is 3.49. The fourth-order valence-corrected chi connectivity index (χ4v) is 4.07. The number of ketones is 1. The van der Waals surface area contributed by atoms with Gasteiger partial charge in [-0.1, -0.05) is 38.4 Å². The number of carbonyl (C=O) groups excluding carboxylic acids is 3. The van der Waals surface area contributed by atoms with Crippen LogP contribution in [-0.2, 0) is 19.1 Å². The number of aromatic nitrogens is 1. The Balaban J connectivity index is 1.87. The molecule has 220 valence electrons. The number of rotatable bonds is 12. The normalized spacial score (nSPS) is 12.7. The molecule has 0 saturated carbocycles. The summed E-state index contributed by atoms with van der Waals surface area (Å²) in [6.45, 7) is 4.00. The lowest BCUT2D eigenvalue weighted by Gasteiger charge is -2.23. The maximum Gasteiger partial charge on any atom is 0.308 e. The van der Waals surface area contributed by atoms with Crippen LogP contribution in [0.4, 0.5) is 17.6 Å². The van der Waals surface area contributed by atoms with Gasteiger partial charge >= 0.3 is 5.97 Å². The number of pyridine rings is 1. The summed E-state index contributed by atoms with van der Waals surface area (Å²) in [7, 11) is 0. The number of carbonyl (C=O) groups is 3. The van der Waals surface area contributed by atoms with Crippen molar-refractivity contribution in [1.82, 2.24) is 9.88 Å². The predicted octanol–water partition coefficient (Wildman–Crippen LogP) is 4.88. The van der Waals surface area contributed by atoms with Crippen molar-refractivity contribution in [2.24, 2.45) is 5.92 Å². The minimum absolute atomic E-state index is 0.00973. The molecule has 41 heavy (non-hydrogen) atoms. The molecule has 3 rings (SSSR count). The molecule has 1 amide bonds. The maximum absolute atomic E-state index is 14.0. The van der Waals surface area contributed by atoms with Crippen LogP contribution in [0.1, 0.15) is 39.7 Å². The third-order valence-corrected chi connectivity index (χ3v) is 6.24. The van der Waals surface area contributed by atoms with Gasteiger partial charge in [0.05, 0.1) is 13.0 Å². The molecule has 1 heterocycles. The smallest absolute Gasteiger partial charge is 0.308 e. The van der Waals surface area contributed by atoms with Crippen molar-refractivity contribution < 1.29 is 41.4 Å². The Morgan fingerprint density at radius 1 is 1.02 bits per heavy atom. The molecule has 2 atom stereocenters. The molecule has 2 aromatic carbocycles. The van der Waals surface area contributed by atoms with E-state index in [0.29, 0.717) is 10.4 Å². The molecule has 8 nitrogen and oxygen atoms in total. The van der Waals surface area contributed by atoms with Gasteiger partial charge in [-0.05, 0) is 35.9 Å². The summed E-state index contributed by atoms with van der Waals surface area (Å²) < 4.78 is 66.0. The number of hydrogen-bond donors (Lipinski definition) is 1. The molecule has 3 aromatic rings. The summed E-state index contributed by atoms with van der Waals surface area (Å²) in [5.74, 6) is -11.5. The Bertz CT molecular complexity index is 1500. The second-order valence-corrected chi connectivity index (χ2v) is 10.0. The van der Waals surface area contributed by atoms with Crippen molar-refractivity contribution in [3.05, 3.63) is 75.2 Å². The van der Waals surface area contributed by atoms with Crippen molar-refractivity contribution in [3.8, 4) is 5.75 Å². The summed E-state index contributed by atoms with van der Waals surface area (Å²) in [4.78, 5) is 51.8. The van der Waals surface area contributed by atoms with Crippen LogP contribution in [-0.4, -0.2) is 41.5 Å². The van der Waals surface area contributed by atoms with Crippen LogP contribution in [0.2, 0.25) is 5.02 Å². The Labute approximate surface area is 237 Å². The first kappa shape index (κ1) is 31.6. The molecule has 0 bridgehead atoms. The zero-order valence-electron chi connectivity index (χ0n) is 22.3. The second-order valence-electron chi connectivity index (χ2n) is 9.58. The molecular formula is C28H27ClF4N2O6. The Morgan fingerprint density at radius 2 is 1.68 bits per heavy atom. The number of amides is 1. The largest absolute Gasteiger partial charge is 0.479 e. The van der Waals surface area contributed by atoms with Gasteiger partial charge < -0.3 is 19.4 Å². The number of nitrogens with one attached hydrogen (secondary N) is 1. The van der Waals surface area contributed by atoms with Crippen LogP contribution >= 0.6 is 11.6 Å². The summed E-state index contributed by atoms with van der Waals surface area (Å²) in [5.41, 5.74) is -0.534. The molecule has 13 heteroatoms. The van der Waals surface area contributed by atoms with Crippen LogP contribution in [0.5, 0.6) is 5.75 Å². The van der Waals surface area contributed by atoms with Crippen molar-refractivity contribution in [2.75, 3.05) is 13.2 Å². The Hall–Kier alpha value is -3.93. The first-order valence-electron chi connectivity index (χ1n) is 12.6. The van der Waals surface area contributed by atoms with E-state index in [1.165, 1.54) is 12.3 Å². The predicted molar refractivity (Wildman–Crippen MR) is 142 cm³/mol. The highest BCUT2D eigenvalue weighted by Gasteiger charge is 2.30. The number of esters is 1. The van der Waals surface area contributed by atoms with E-state index in [-0.39, 0.29) is 30.4 Å². The lowest BCUT2D eigenvalue weighted by Crippen LogP contribution is -2.48. The maximum atomic E-state index is 14.0. The van der Waals surface area contributed by atoms with Gasteiger partial charge in [-0.2, -0.15) is 8.78 Å². The monoisotopic (exact) mass is 598 g/mol. The SMILES string of the molecule is CCC(C(=O)N[C@@H](CC(=O)OCC(C)C)C(=O)COc1c(F)c(F)cc(F)c1F)n1ccc2ccc(Cl)cc2c1=O. The molecule has 0 spiro atoms. The topological polar surface area (TPSA) is 104 Å². The lowest BCUT2D eigenvalue weighted by atomic mass is 10.1. The summed E-state index contributed by atoms with van der Waals surface area (Å²) in [5, 5.41) is 3.50. The molecule has 0 aliphatic carbocycles. The van der Waals surface area contributed by atoms with E-state index >= 15 is 0 Å². The average Bonchev–Trinajstić information content (AvgIpc) is 2.92. The molecule has 1 aromatic heterocycles. The van der Waals surface area contributed by atoms with Crippen LogP contribution in [0, 0.1) is 29.2 Å². The highest BCUT2D eigenvalue weighted by molar-refractivity contribution is 6.31. The highest BCUT2D eigenvalue weighted by atomic mass is 35.5. The van der Waals surface area contributed by atoms with Crippen molar-refractivity contribution in [2.45, 2.75) is 45.7 Å².